The van der Waals surface area contributed by atoms with Crippen LogP contribution >= 0.6 is 0 Å². The summed E-state index contributed by atoms with van der Waals surface area (Å²) in [5.74, 6) is -0.267. The maximum absolute atomic E-state index is 12.8. The minimum Gasteiger partial charge on any atom is -0.484 e. The number of anilines is 1. The lowest BCUT2D eigenvalue weighted by Gasteiger charge is -2.11. The summed E-state index contributed by atoms with van der Waals surface area (Å²) < 4.78 is 19.7. The van der Waals surface area contributed by atoms with Gasteiger partial charge in [0.1, 0.15) is 24.2 Å². The summed E-state index contributed by atoms with van der Waals surface area (Å²) >= 11 is 0. The molecule has 3 aromatic rings. The van der Waals surface area contributed by atoms with Gasteiger partial charge in [-0.05, 0) is 36.4 Å². The molecule has 0 bridgehead atoms. The highest BCUT2D eigenvalue weighted by Gasteiger charge is 2.09. The molecule has 0 spiro atoms. The van der Waals surface area contributed by atoms with Gasteiger partial charge in [-0.2, -0.15) is 5.10 Å². The summed E-state index contributed by atoms with van der Waals surface area (Å²) in [4.78, 5) is 15.9. The lowest BCUT2D eigenvalue weighted by Crippen LogP contribution is -2.21. The minimum atomic E-state index is -0.358. The van der Waals surface area contributed by atoms with Crippen molar-refractivity contribution in [1.29, 1.82) is 0 Å². The Kier molecular flexibility index (Phi) is 4.28. The van der Waals surface area contributed by atoms with Crippen LogP contribution in [0.5, 0.6) is 5.75 Å². The fourth-order valence-corrected chi connectivity index (χ4v) is 1.98. The average Bonchev–Trinajstić information content (AvgIpc) is 3.09. The predicted molar refractivity (Wildman–Crippen MR) is 81.9 cm³/mol. The third-order valence-corrected chi connectivity index (χ3v) is 3.03. The van der Waals surface area contributed by atoms with Gasteiger partial charge in [0.15, 0.2) is 6.61 Å². The number of hydrogen-bond acceptors (Lipinski definition) is 4. The van der Waals surface area contributed by atoms with Gasteiger partial charge in [-0.15, -0.1) is 0 Å². The number of hydrogen-bond donors (Lipinski definition) is 1. The largest absolute Gasteiger partial charge is 0.484 e. The molecule has 0 aliphatic carbocycles. The third-order valence-electron chi connectivity index (χ3n) is 3.03. The second-order valence-electron chi connectivity index (χ2n) is 4.65. The summed E-state index contributed by atoms with van der Waals surface area (Å²) in [6.45, 7) is -0.183. The maximum atomic E-state index is 12.8. The molecule has 23 heavy (non-hydrogen) atoms. The first-order valence-corrected chi connectivity index (χ1v) is 6.84. The summed E-state index contributed by atoms with van der Waals surface area (Å²) in [5, 5.41) is 6.80. The molecule has 0 radical (unpaired) electrons. The van der Waals surface area contributed by atoms with Gasteiger partial charge in [-0.1, -0.05) is 12.1 Å². The van der Waals surface area contributed by atoms with E-state index in [-0.39, 0.29) is 18.3 Å². The molecule has 2 aromatic carbocycles. The van der Waals surface area contributed by atoms with Gasteiger partial charge in [0, 0.05) is 0 Å². The molecule has 0 unspecified atom stereocenters. The molecule has 0 saturated carbocycles. The van der Waals surface area contributed by atoms with E-state index in [4.69, 9.17) is 4.74 Å². The summed E-state index contributed by atoms with van der Waals surface area (Å²) in [6.07, 6.45) is 2.95. The van der Waals surface area contributed by atoms with Crippen LogP contribution in [0.1, 0.15) is 0 Å². The number of carbonyl (C=O) groups excluding carboxylic acids is 1. The summed E-state index contributed by atoms with van der Waals surface area (Å²) in [6, 6.07) is 12.7. The van der Waals surface area contributed by atoms with Crippen LogP contribution in [0, 0.1) is 5.82 Å². The van der Waals surface area contributed by atoms with Crippen molar-refractivity contribution in [3.63, 3.8) is 0 Å². The molecule has 3 rings (SSSR count). The normalized spacial score (nSPS) is 10.3. The van der Waals surface area contributed by atoms with Crippen LogP contribution in [0.25, 0.3) is 5.69 Å². The van der Waals surface area contributed by atoms with E-state index in [0.717, 1.165) is 0 Å². The quantitative estimate of drug-likeness (QED) is 0.785. The van der Waals surface area contributed by atoms with Crippen molar-refractivity contribution in [2.45, 2.75) is 0 Å². The van der Waals surface area contributed by atoms with E-state index in [9.17, 15) is 9.18 Å². The van der Waals surface area contributed by atoms with E-state index in [0.29, 0.717) is 17.1 Å². The van der Waals surface area contributed by atoms with E-state index >= 15 is 0 Å². The molecule has 7 heteroatoms. The number of rotatable bonds is 5. The van der Waals surface area contributed by atoms with Crippen molar-refractivity contribution < 1.29 is 13.9 Å². The zero-order valence-electron chi connectivity index (χ0n) is 12.0. The monoisotopic (exact) mass is 312 g/mol. The number of para-hydroxylation sites is 2. The first-order valence-electron chi connectivity index (χ1n) is 6.84. The first-order chi connectivity index (χ1) is 11.2. The van der Waals surface area contributed by atoms with E-state index in [1.165, 1.54) is 30.6 Å². The SMILES string of the molecule is O=C(COc1ccc(F)cc1)Nc1ccccc1-n1cncn1. The molecule has 0 aliphatic heterocycles. The second-order valence-corrected chi connectivity index (χ2v) is 4.65. The van der Waals surface area contributed by atoms with Crippen molar-refractivity contribution >= 4 is 11.6 Å². The molecule has 0 aliphatic rings. The zero-order chi connectivity index (χ0) is 16.1. The highest BCUT2D eigenvalue weighted by Crippen LogP contribution is 2.18. The molecule has 1 aromatic heterocycles. The van der Waals surface area contributed by atoms with Gasteiger partial charge in [0.2, 0.25) is 0 Å². The van der Waals surface area contributed by atoms with E-state index < -0.39 is 0 Å². The van der Waals surface area contributed by atoms with E-state index in [1.54, 1.807) is 23.1 Å². The average molecular weight is 312 g/mol. The van der Waals surface area contributed by atoms with Crippen molar-refractivity contribution in [1.82, 2.24) is 14.8 Å². The fraction of sp³-hybridized carbons (Fsp3) is 0.0625. The lowest BCUT2D eigenvalue weighted by atomic mass is 10.2. The molecule has 0 saturated heterocycles. The maximum Gasteiger partial charge on any atom is 0.262 e. The van der Waals surface area contributed by atoms with Crippen molar-refractivity contribution in [2.24, 2.45) is 0 Å². The smallest absolute Gasteiger partial charge is 0.262 e. The van der Waals surface area contributed by atoms with Gasteiger partial charge in [0.05, 0.1) is 11.4 Å². The molecular weight excluding hydrogens is 299 g/mol. The standard InChI is InChI=1S/C16H13FN4O2/c17-12-5-7-13(8-6-12)23-9-16(22)20-14-3-1-2-4-15(14)21-11-18-10-19-21/h1-8,10-11H,9H2,(H,20,22). The molecule has 116 valence electrons. The van der Waals surface area contributed by atoms with Crippen LogP contribution in [0.15, 0.2) is 61.2 Å². The molecule has 0 fully saturated rings. The number of aromatic nitrogens is 3. The van der Waals surface area contributed by atoms with Crippen LogP contribution in [0.3, 0.4) is 0 Å². The van der Waals surface area contributed by atoms with Crippen LogP contribution in [-0.4, -0.2) is 27.3 Å². The number of amides is 1. The Labute approximate surface area is 131 Å². The topological polar surface area (TPSA) is 69.0 Å². The number of halogens is 1. The number of ether oxygens (including phenoxy) is 1. The molecule has 6 nitrogen and oxygen atoms in total. The van der Waals surface area contributed by atoms with Gasteiger partial charge < -0.3 is 10.1 Å². The highest BCUT2D eigenvalue weighted by atomic mass is 19.1. The van der Waals surface area contributed by atoms with E-state index in [1.807, 2.05) is 12.1 Å². The number of carbonyl (C=O) groups is 1. The van der Waals surface area contributed by atoms with Gasteiger partial charge in [-0.3, -0.25) is 4.79 Å². The molecular formula is C16H13FN4O2. The van der Waals surface area contributed by atoms with Crippen LogP contribution in [0.4, 0.5) is 10.1 Å². The molecule has 1 amide bonds. The van der Waals surface area contributed by atoms with Crippen LogP contribution < -0.4 is 10.1 Å². The third kappa shape index (κ3) is 3.70. The molecule has 1 N–H and O–H groups in total. The number of nitrogens with zero attached hydrogens (tertiary/aromatic N) is 3. The Balaban J connectivity index is 1.65. The fourth-order valence-electron chi connectivity index (χ4n) is 1.98. The van der Waals surface area contributed by atoms with Gasteiger partial charge >= 0.3 is 0 Å². The highest BCUT2D eigenvalue weighted by molar-refractivity contribution is 5.93. The molecule has 0 atom stereocenters. The van der Waals surface area contributed by atoms with Gasteiger partial charge in [0.25, 0.3) is 5.91 Å². The Morgan fingerprint density at radius 3 is 2.70 bits per heavy atom. The van der Waals surface area contributed by atoms with Crippen molar-refractivity contribution in [3.05, 3.63) is 67.0 Å². The zero-order valence-corrected chi connectivity index (χ0v) is 12.0. The predicted octanol–water partition coefficient (Wildman–Crippen LogP) is 2.42. The molecule has 1 heterocycles. The Hall–Kier alpha value is -3.22. The minimum absolute atomic E-state index is 0.183. The van der Waals surface area contributed by atoms with E-state index in [2.05, 4.69) is 15.4 Å². The van der Waals surface area contributed by atoms with Crippen LogP contribution in [-0.2, 0) is 4.79 Å². The van der Waals surface area contributed by atoms with Crippen molar-refractivity contribution in [3.8, 4) is 11.4 Å². The summed E-state index contributed by atoms with van der Waals surface area (Å²) in [5.41, 5.74) is 1.28. The Bertz CT molecular complexity index is 788. The number of nitrogens with one attached hydrogen (secondary N) is 1. The first kappa shape index (κ1) is 14.7. The van der Waals surface area contributed by atoms with Gasteiger partial charge in [-0.25, -0.2) is 14.1 Å². The second kappa shape index (κ2) is 6.69. The Morgan fingerprint density at radius 1 is 1.17 bits per heavy atom. The van der Waals surface area contributed by atoms with Crippen LogP contribution in [0.2, 0.25) is 0 Å². The van der Waals surface area contributed by atoms with Crippen molar-refractivity contribution in [2.75, 3.05) is 11.9 Å². The number of benzene rings is 2. The lowest BCUT2D eigenvalue weighted by molar-refractivity contribution is -0.118. The Morgan fingerprint density at radius 2 is 1.96 bits per heavy atom. The summed E-state index contributed by atoms with van der Waals surface area (Å²) in [7, 11) is 0.